The molecule has 3 aromatic rings. The molecule has 0 saturated carbocycles. The number of carbonyl (C=O) groups excluding carboxylic acids is 2. The Balaban J connectivity index is 1.78. The summed E-state index contributed by atoms with van der Waals surface area (Å²) in [6.07, 6.45) is 1.68. The topological polar surface area (TPSA) is 68.1 Å². The molecule has 0 saturated heterocycles. The van der Waals surface area contributed by atoms with Crippen LogP contribution in [0.5, 0.6) is 0 Å². The number of hydrogen-bond donors (Lipinski definition) is 0. The lowest BCUT2D eigenvalue weighted by atomic mass is 10.1. The van der Waals surface area contributed by atoms with Crippen molar-refractivity contribution in [3.63, 3.8) is 0 Å². The van der Waals surface area contributed by atoms with Gasteiger partial charge in [-0.2, -0.15) is 0 Å². The molecule has 1 aliphatic rings. The number of benzene rings is 1. The molecule has 0 atom stereocenters. The number of Topliss-reactive ketones (excluding diaryl/α,β-unsaturated/α-hetero) is 1. The molecule has 0 bridgehead atoms. The molecule has 6 nitrogen and oxygen atoms in total. The van der Waals surface area contributed by atoms with Crippen molar-refractivity contribution in [2.24, 2.45) is 0 Å². The summed E-state index contributed by atoms with van der Waals surface area (Å²) in [5.41, 5.74) is 3.32. The van der Waals surface area contributed by atoms with Crippen LogP contribution in [0.15, 0.2) is 41.9 Å². The van der Waals surface area contributed by atoms with E-state index in [0.717, 1.165) is 16.9 Å². The van der Waals surface area contributed by atoms with Crippen LogP contribution in [0.2, 0.25) is 0 Å². The Morgan fingerprint density at radius 2 is 2.04 bits per heavy atom. The predicted octanol–water partition coefficient (Wildman–Crippen LogP) is 2.75. The summed E-state index contributed by atoms with van der Waals surface area (Å²) >= 11 is 1.29. The van der Waals surface area contributed by atoms with Gasteiger partial charge >= 0.3 is 0 Å². The summed E-state index contributed by atoms with van der Waals surface area (Å²) in [7, 11) is 0. The second kappa shape index (κ2) is 5.68. The van der Waals surface area contributed by atoms with Gasteiger partial charge in [0.1, 0.15) is 0 Å². The molecule has 1 aliphatic heterocycles. The number of amides is 1. The first-order valence-electron chi connectivity index (χ1n) is 7.50. The standard InChI is InChI=1S/C17H14N4O2S/c1-11(22)13-6-16(24-10-13)17(23)20-9-14-7-18-19-21(14)8-12-4-2-3-5-15(12)20/h2-7,10H,8-9H2,1H3. The van der Waals surface area contributed by atoms with Gasteiger partial charge in [-0.15, -0.1) is 16.4 Å². The van der Waals surface area contributed by atoms with E-state index in [4.69, 9.17) is 0 Å². The molecule has 0 fully saturated rings. The Labute approximate surface area is 142 Å². The van der Waals surface area contributed by atoms with Gasteiger partial charge < -0.3 is 4.90 Å². The van der Waals surface area contributed by atoms with Gasteiger partial charge in [-0.05, 0) is 24.6 Å². The smallest absolute Gasteiger partial charge is 0.268 e. The molecular weight excluding hydrogens is 324 g/mol. The highest BCUT2D eigenvalue weighted by Crippen LogP contribution is 2.29. The number of anilines is 1. The zero-order chi connectivity index (χ0) is 16.7. The highest BCUT2D eigenvalue weighted by molar-refractivity contribution is 7.12. The van der Waals surface area contributed by atoms with E-state index in [2.05, 4.69) is 10.3 Å². The normalized spacial score (nSPS) is 13.1. The van der Waals surface area contributed by atoms with Crippen molar-refractivity contribution in [1.29, 1.82) is 0 Å². The predicted molar refractivity (Wildman–Crippen MR) is 90.4 cm³/mol. The van der Waals surface area contributed by atoms with Crippen molar-refractivity contribution >= 4 is 28.7 Å². The van der Waals surface area contributed by atoms with Crippen molar-refractivity contribution in [1.82, 2.24) is 15.0 Å². The van der Waals surface area contributed by atoms with E-state index < -0.39 is 0 Å². The summed E-state index contributed by atoms with van der Waals surface area (Å²) in [5, 5.41) is 9.77. The average molecular weight is 338 g/mol. The van der Waals surface area contributed by atoms with Crippen LogP contribution in [0.4, 0.5) is 5.69 Å². The molecule has 120 valence electrons. The molecule has 0 unspecified atom stereocenters. The van der Waals surface area contributed by atoms with Crippen LogP contribution < -0.4 is 4.90 Å². The number of para-hydroxylation sites is 1. The molecule has 0 aliphatic carbocycles. The number of fused-ring (bicyclic) bond motifs is 2. The fraction of sp³-hybridized carbons (Fsp3) is 0.176. The summed E-state index contributed by atoms with van der Waals surface area (Å²) in [4.78, 5) is 26.8. The first-order valence-corrected chi connectivity index (χ1v) is 8.38. The fourth-order valence-electron chi connectivity index (χ4n) is 2.80. The molecule has 24 heavy (non-hydrogen) atoms. The maximum Gasteiger partial charge on any atom is 0.268 e. The van der Waals surface area contributed by atoms with Crippen LogP contribution in [-0.2, 0) is 13.1 Å². The van der Waals surface area contributed by atoms with Crippen molar-refractivity contribution in [2.75, 3.05) is 4.90 Å². The van der Waals surface area contributed by atoms with Gasteiger partial charge in [0.15, 0.2) is 5.78 Å². The zero-order valence-corrected chi connectivity index (χ0v) is 13.8. The Hall–Kier alpha value is -2.80. The van der Waals surface area contributed by atoms with Gasteiger partial charge in [0.2, 0.25) is 0 Å². The lowest BCUT2D eigenvalue weighted by Crippen LogP contribution is -2.30. The first kappa shape index (κ1) is 14.8. The van der Waals surface area contributed by atoms with Crippen LogP contribution in [0, 0.1) is 0 Å². The van der Waals surface area contributed by atoms with Crippen LogP contribution in [0.3, 0.4) is 0 Å². The maximum atomic E-state index is 13.1. The van der Waals surface area contributed by atoms with Crippen LogP contribution in [-0.4, -0.2) is 26.7 Å². The van der Waals surface area contributed by atoms with Gasteiger partial charge in [-0.3, -0.25) is 9.59 Å². The third-order valence-corrected chi connectivity index (χ3v) is 5.00. The van der Waals surface area contributed by atoms with Gasteiger partial charge in [-0.25, -0.2) is 4.68 Å². The highest BCUT2D eigenvalue weighted by Gasteiger charge is 2.26. The monoisotopic (exact) mass is 338 g/mol. The van der Waals surface area contributed by atoms with Gasteiger partial charge in [-0.1, -0.05) is 23.4 Å². The van der Waals surface area contributed by atoms with Crippen molar-refractivity contribution in [2.45, 2.75) is 20.0 Å². The number of hydrogen-bond acceptors (Lipinski definition) is 5. The molecule has 3 heterocycles. The number of carbonyl (C=O) groups is 2. The van der Waals surface area contributed by atoms with Crippen LogP contribution in [0.25, 0.3) is 0 Å². The van der Waals surface area contributed by atoms with Crippen molar-refractivity contribution in [3.05, 3.63) is 63.6 Å². The quantitative estimate of drug-likeness (QED) is 0.674. The average Bonchev–Trinajstić information content (AvgIpc) is 3.20. The fourth-order valence-corrected chi connectivity index (χ4v) is 3.69. The Bertz CT molecular complexity index is 943. The minimum atomic E-state index is -0.116. The van der Waals surface area contributed by atoms with E-state index in [-0.39, 0.29) is 11.7 Å². The third-order valence-electron chi connectivity index (χ3n) is 4.08. The number of aromatic nitrogens is 3. The number of rotatable bonds is 2. The second-order valence-corrected chi connectivity index (χ2v) is 6.57. The van der Waals surface area contributed by atoms with E-state index in [0.29, 0.717) is 23.5 Å². The molecule has 2 aromatic heterocycles. The van der Waals surface area contributed by atoms with Crippen molar-refractivity contribution < 1.29 is 9.59 Å². The number of thiophene rings is 1. The van der Waals surface area contributed by atoms with Crippen LogP contribution >= 0.6 is 11.3 Å². The van der Waals surface area contributed by atoms with Gasteiger partial charge in [0.25, 0.3) is 5.91 Å². The summed E-state index contributed by atoms with van der Waals surface area (Å²) < 4.78 is 1.81. The zero-order valence-electron chi connectivity index (χ0n) is 13.0. The molecule has 1 amide bonds. The summed E-state index contributed by atoms with van der Waals surface area (Å²) in [6, 6.07) is 9.45. The van der Waals surface area contributed by atoms with Crippen LogP contribution in [0.1, 0.15) is 38.2 Å². The van der Waals surface area contributed by atoms with Gasteiger partial charge in [0, 0.05) is 16.6 Å². The number of nitrogens with zero attached hydrogens (tertiary/aromatic N) is 4. The maximum absolute atomic E-state index is 13.1. The largest absolute Gasteiger partial charge is 0.301 e. The molecular formula is C17H14N4O2S. The molecule has 7 heteroatoms. The van der Waals surface area contributed by atoms with E-state index in [1.807, 2.05) is 28.9 Å². The summed E-state index contributed by atoms with van der Waals surface area (Å²) in [5.74, 6) is -0.154. The lowest BCUT2D eigenvalue weighted by Gasteiger charge is -2.21. The third kappa shape index (κ3) is 2.43. The first-order chi connectivity index (χ1) is 11.6. The van der Waals surface area contributed by atoms with Crippen molar-refractivity contribution in [3.8, 4) is 0 Å². The highest BCUT2D eigenvalue weighted by atomic mass is 32.1. The van der Waals surface area contributed by atoms with E-state index in [1.165, 1.54) is 18.3 Å². The van der Waals surface area contributed by atoms with E-state index in [1.54, 1.807) is 22.5 Å². The van der Waals surface area contributed by atoms with E-state index in [9.17, 15) is 9.59 Å². The molecule has 0 spiro atoms. The van der Waals surface area contributed by atoms with E-state index >= 15 is 0 Å². The molecule has 0 N–H and O–H groups in total. The molecule has 4 rings (SSSR count). The Kier molecular flexibility index (Phi) is 3.50. The Morgan fingerprint density at radius 3 is 2.83 bits per heavy atom. The summed E-state index contributed by atoms with van der Waals surface area (Å²) in [6.45, 7) is 2.48. The number of ketones is 1. The SMILES string of the molecule is CC(=O)c1csc(C(=O)N2Cc3cnnn3Cc3ccccc32)c1. The minimum absolute atomic E-state index is 0.0381. The molecule has 0 radical (unpaired) electrons. The Morgan fingerprint density at radius 1 is 1.21 bits per heavy atom. The second-order valence-electron chi connectivity index (χ2n) is 5.66. The minimum Gasteiger partial charge on any atom is -0.301 e. The molecule has 1 aromatic carbocycles. The van der Waals surface area contributed by atoms with Gasteiger partial charge in [0.05, 0.1) is 29.9 Å². The lowest BCUT2D eigenvalue weighted by molar-refractivity contribution is 0.0988.